The molecule has 0 radical (unpaired) electrons. The van der Waals surface area contributed by atoms with E-state index in [1.54, 1.807) is 42.6 Å². The van der Waals surface area contributed by atoms with Crippen LogP contribution >= 0.6 is 0 Å². The van der Waals surface area contributed by atoms with Crippen LogP contribution in [0, 0.1) is 0 Å². The molecule has 1 heterocycles. The highest BCUT2D eigenvalue weighted by molar-refractivity contribution is 6.09. The summed E-state index contributed by atoms with van der Waals surface area (Å²) in [5.74, 6) is -0.281. The Morgan fingerprint density at radius 2 is 1.89 bits per heavy atom. The van der Waals surface area contributed by atoms with Crippen LogP contribution in [0.2, 0.25) is 0 Å². The number of nitrogens with zero attached hydrogens (tertiary/aromatic N) is 1. The molecule has 0 saturated heterocycles. The van der Waals surface area contributed by atoms with Crippen LogP contribution in [0.15, 0.2) is 48.8 Å². The molecular weight excluding hydrogens is 228 g/mol. The molecule has 0 fully saturated rings. The number of anilines is 1. The summed E-state index contributed by atoms with van der Waals surface area (Å²) >= 11 is 0. The van der Waals surface area contributed by atoms with Crippen LogP contribution in [0.1, 0.15) is 22.8 Å². The number of carbonyl (C=O) groups is 2. The number of hydrogen-bond donors (Lipinski definition) is 1. The lowest BCUT2D eigenvalue weighted by molar-refractivity contribution is -0.114. The standard InChI is InChI=1S/C14H12N2O2/c1-10(17)16-13-6-2-4-11(8-13)14(18)12-5-3-7-15-9-12/h2-9H,1H3,(H,16,17). The van der Waals surface area contributed by atoms with Gasteiger partial charge in [0.25, 0.3) is 0 Å². The van der Waals surface area contributed by atoms with E-state index >= 15 is 0 Å². The molecule has 1 aromatic carbocycles. The molecule has 4 nitrogen and oxygen atoms in total. The number of nitrogens with one attached hydrogen (secondary N) is 1. The first-order valence-corrected chi connectivity index (χ1v) is 5.49. The maximum atomic E-state index is 12.1. The van der Waals surface area contributed by atoms with Gasteiger partial charge in [0.15, 0.2) is 5.78 Å². The second-order valence-corrected chi connectivity index (χ2v) is 3.83. The van der Waals surface area contributed by atoms with Crippen LogP contribution in [0.3, 0.4) is 0 Å². The highest BCUT2D eigenvalue weighted by Gasteiger charge is 2.09. The van der Waals surface area contributed by atoms with E-state index in [9.17, 15) is 9.59 Å². The summed E-state index contributed by atoms with van der Waals surface area (Å²) < 4.78 is 0. The number of ketones is 1. The second kappa shape index (κ2) is 5.23. The van der Waals surface area contributed by atoms with Gasteiger partial charge >= 0.3 is 0 Å². The molecule has 0 saturated carbocycles. The average molecular weight is 240 g/mol. The van der Waals surface area contributed by atoms with Crippen molar-refractivity contribution in [3.05, 3.63) is 59.9 Å². The first-order valence-electron chi connectivity index (χ1n) is 5.49. The number of benzene rings is 1. The number of hydrogen-bond acceptors (Lipinski definition) is 3. The van der Waals surface area contributed by atoms with Crippen molar-refractivity contribution in [2.45, 2.75) is 6.92 Å². The molecule has 0 unspecified atom stereocenters. The molecule has 1 N–H and O–H groups in total. The average Bonchev–Trinajstić information content (AvgIpc) is 2.38. The molecule has 4 heteroatoms. The predicted molar refractivity (Wildman–Crippen MR) is 68.4 cm³/mol. The molecule has 18 heavy (non-hydrogen) atoms. The van der Waals surface area contributed by atoms with Crippen molar-refractivity contribution < 1.29 is 9.59 Å². The summed E-state index contributed by atoms with van der Waals surface area (Å²) in [6.07, 6.45) is 3.14. The molecule has 1 aromatic heterocycles. The molecule has 0 aliphatic heterocycles. The molecular formula is C14H12N2O2. The first-order chi connectivity index (χ1) is 8.66. The fourth-order valence-corrected chi connectivity index (χ4v) is 1.61. The van der Waals surface area contributed by atoms with Gasteiger partial charge in [-0.25, -0.2) is 0 Å². The van der Waals surface area contributed by atoms with Gasteiger partial charge in [0.05, 0.1) is 0 Å². The summed E-state index contributed by atoms with van der Waals surface area (Å²) in [5, 5.41) is 2.64. The quantitative estimate of drug-likeness (QED) is 0.837. The van der Waals surface area contributed by atoms with Gasteiger partial charge in [-0.3, -0.25) is 14.6 Å². The number of aromatic nitrogens is 1. The van der Waals surface area contributed by atoms with E-state index < -0.39 is 0 Å². The Morgan fingerprint density at radius 1 is 1.11 bits per heavy atom. The minimum atomic E-state index is -0.166. The Hall–Kier alpha value is -2.49. The van der Waals surface area contributed by atoms with E-state index in [4.69, 9.17) is 0 Å². The molecule has 0 spiro atoms. The third-order valence-electron chi connectivity index (χ3n) is 2.37. The predicted octanol–water partition coefficient (Wildman–Crippen LogP) is 2.27. The SMILES string of the molecule is CC(=O)Nc1cccc(C(=O)c2cccnc2)c1. The highest BCUT2D eigenvalue weighted by atomic mass is 16.1. The molecule has 2 aromatic rings. The van der Waals surface area contributed by atoms with E-state index in [0.717, 1.165) is 0 Å². The Kier molecular flexibility index (Phi) is 3.48. The monoisotopic (exact) mass is 240 g/mol. The van der Waals surface area contributed by atoms with Crippen molar-refractivity contribution in [2.24, 2.45) is 0 Å². The molecule has 0 bridgehead atoms. The maximum absolute atomic E-state index is 12.1. The van der Waals surface area contributed by atoms with Crippen LogP contribution in [-0.2, 0) is 4.79 Å². The summed E-state index contributed by atoms with van der Waals surface area (Å²) in [6, 6.07) is 10.2. The summed E-state index contributed by atoms with van der Waals surface area (Å²) in [6.45, 7) is 1.43. The Morgan fingerprint density at radius 3 is 2.56 bits per heavy atom. The van der Waals surface area contributed by atoms with Crippen molar-refractivity contribution in [3.63, 3.8) is 0 Å². The largest absolute Gasteiger partial charge is 0.326 e. The maximum Gasteiger partial charge on any atom is 0.221 e. The number of pyridine rings is 1. The van der Waals surface area contributed by atoms with Crippen molar-refractivity contribution in [1.29, 1.82) is 0 Å². The summed E-state index contributed by atoms with van der Waals surface area (Å²) in [5.41, 5.74) is 1.66. The molecule has 0 atom stereocenters. The van der Waals surface area contributed by atoms with Gasteiger partial charge in [-0.05, 0) is 24.3 Å². The Bertz CT molecular complexity index is 579. The topological polar surface area (TPSA) is 59.1 Å². The molecule has 0 aliphatic carbocycles. The zero-order valence-corrected chi connectivity index (χ0v) is 9.88. The molecule has 2 rings (SSSR count). The first kappa shape index (κ1) is 12.0. The zero-order chi connectivity index (χ0) is 13.0. The summed E-state index contributed by atoms with van der Waals surface area (Å²) in [4.78, 5) is 27.0. The van der Waals surface area contributed by atoms with Crippen molar-refractivity contribution in [3.8, 4) is 0 Å². The van der Waals surface area contributed by atoms with Gasteiger partial charge in [-0.1, -0.05) is 12.1 Å². The zero-order valence-electron chi connectivity index (χ0n) is 9.88. The molecule has 0 aliphatic rings. The smallest absolute Gasteiger partial charge is 0.221 e. The van der Waals surface area contributed by atoms with Crippen molar-refractivity contribution >= 4 is 17.4 Å². The lowest BCUT2D eigenvalue weighted by Gasteiger charge is -2.05. The number of rotatable bonds is 3. The third kappa shape index (κ3) is 2.79. The van der Waals surface area contributed by atoms with Gasteiger partial charge in [0, 0.05) is 36.1 Å². The number of carbonyl (C=O) groups excluding carboxylic acids is 2. The second-order valence-electron chi connectivity index (χ2n) is 3.83. The van der Waals surface area contributed by atoms with Gasteiger partial charge in [-0.15, -0.1) is 0 Å². The Labute approximate surface area is 105 Å². The van der Waals surface area contributed by atoms with Crippen LogP contribution in [0.4, 0.5) is 5.69 Å². The van der Waals surface area contributed by atoms with Crippen LogP contribution in [0.5, 0.6) is 0 Å². The van der Waals surface area contributed by atoms with E-state index in [0.29, 0.717) is 16.8 Å². The minimum absolute atomic E-state index is 0.115. The Balaban J connectivity index is 2.29. The van der Waals surface area contributed by atoms with Gasteiger partial charge in [0.2, 0.25) is 5.91 Å². The molecule has 1 amide bonds. The van der Waals surface area contributed by atoms with Gasteiger partial charge in [0.1, 0.15) is 0 Å². The van der Waals surface area contributed by atoms with E-state index in [-0.39, 0.29) is 11.7 Å². The van der Waals surface area contributed by atoms with E-state index in [2.05, 4.69) is 10.3 Å². The van der Waals surface area contributed by atoms with Crippen molar-refractivity contribution in [2.75, 3.05) is 5.32 Å². The van der Waals surface area contributed by atoms with Crippen LogP contribution in [-0.4, -0.2) is 16.7 Å². The third-order valence-corrected chi connectivity index (χ3v) is 2.37. The van der Waals surface area contributed by atoms with Crippen LogP contribution in [0.25, 0.3) is 0 Å². The fraction of sp³-hybridized carbons (Fsp3) is 0.0714. The van der Waals surface area contributed by atoms with E-state index in [1.807, 2.05) is 0 Å². The molecule has 90 valence electrons. The summed E-state index contributed by atoms with van der Waals surface area (Å²) in [7, 11) is 0. The van der Waals surface area contributed by atoms with Gasteiger partial charge < -0.3 is 5.32 Å². The van der Waals surface area contributed by atoms with Crippen LogP contribution < -0.4 is 5.32 Å². The normalized spacial score (nSPS) is 9.83. The minimum Gasteiger partial charge on any atom is -0.326 e. The highest BCUT2D eigenvalue weighted by Crippen LogP contribution is 2.14. The fourth-order valence-electron chi connectivity index (χ4n) is 1.61. The lowest BCUT2D eigenvalue weighted by atomic mass is 10.0. The number of amides is 1. The van der Waals surface area contributed by atoms with E-state index in [1.165, 1.54) is 13.1 Å². The lowest BCUT2D eigenvalue weighted by Crippen LogP contribution is -2.07. The van der Waals surface area contributed by atoms with Crippen molar-refractivity contribution in [1.82, 2.24) is 4.98 Å². The van der Waals surface area contributed by atoms with Gasteiger partial charge in [-0.2, -0.15) is 0 Å².